The van der Waals surface area contributed by atoms with Gasteiger partial charge in [0.2, 0.25) is 0 Å². The molecule has 0 aliphatic carbocycles. The van der Waals surface area contributed by atoms with Crippen LogP contribution in [0.1, 0.15) is 52.9 Å². The average molecular weight is 169 g/mol. The fourth-order valence-corrected chi connectivity index (χ4v) is 2.80. The maximum atomic E-state index is 2.72. The van der Waals surface area contributed by atoms with Gasteiger partial charge in [-0.15, -0.1) is 0 Å². The number of rotatable bonds is 1. The van der Waals surface area contributed by atoms with Crippen LogP contribution >= 0.6 is 0 Å². The van der Waals surface area contributed by atoms with E-state index in [9.17, 15) is 0 Å². The summed E-state index contributed by atoms with van der Waals surface area (Å²) in [5.41, 5.74) is 0.681. The van der Waals surface area contributed by atoms with Gasteiger partial charge in [0.15, 0.2) is 0 Å². The summed E-state index contributed by atoms with van der Waals surface area (Å²) in [6.45, 7) is 9.12. The molecule has 0 spiro atoms. The summed E-state index contributed by atoms with van der Waals surface area (Å²) in [5.74, 6) is 0. The Labute approximate surface area is 77.1 Å². The fraction of sp³-hybridized carbons (Fsp3) is 1.00. The van der Waals surface area contributed by atoms with Crippen LogP contribution < -0.4 is 0 Å². The maximum Gasteiger partial charge on any atom is 0.0207 e. The van der Waals surface area contributed by atoms with Crippen molar-refractivity contribution in [1.29, 1.82) is 0 Å². The first kappa shape index (κ1) is 10.0. The number of fused-ring (bicyclic) bond motifs is 1. The Kier molecular flexibility index (Phi) is 3.57. The van der Waals surface area contributed by atoms with Gasteiger partial charge in [-0.05, 0) is 45.2 Å². The zero-order valence-corrected chi connectivity index (χ0v) is 8.90. The van der Waals surface area contributed by atoms with E-state index >= 15 is 0 Å². The third-order valence-corrected chi connectivity index (χ3v) is 3.47. The molecule has 2 heterocycles. The summed E-state index contributed by atoms with van der Waals surface area (Å²) in [6.07, 6.45) is 7.24. The molecule has 0 N–H and O–H groups in total. The van der Waals surface area contributed by atoms with Crippen molar-refractivity contribution in [3.63, 3.8) is 0 Å². The second kappa shape index (κ2) is 4.27. The van der Waals surface area contributed by atoms with Crippen molar-refractivity contribution in [3.05, 3.63) is 0 Å². The number of hydrogen-bond acceptors (Lipinski definition) is 1. The van der Waals surface area contributed by atoms with Gasteiger partial charge in [-0.1, -0.05) is 20.8 Å². The summed E-state index contributed by atoms with van der Waals surface area (Å²) >= 11 is 0. The predicted molar refractivity (Wildman–Crippen MR) is 54.4 cm³/mol. The standard InChI is InChI=1S/C9H17N.C2H6/c1-2-9-5-3-7-10(9)8-4-6-9;1-2/h2-8H2,1H3;1-2H3. The normalized spacial score (nSPS) is 26.2. The lowest BCUT2D eigenvalue weighted by Gasteiger charge is -2.30. The summed E-state index contributed by atoms with van der Waals surface area (Å²) in [6, 6.07) is 0. The first-order chi connectivity index (χ1) is 5.87. The quantitative estimate of drug-likeness (QED) is 0.583. The summed E-state index contributed by atoms with van der Waals surface area (Å²) in [4.78, 5) is 2.72. The lowest BCUT2D eigenvalue weighted by molar-refractivity contribution is 0.189. The molecule has 2 fully saturated rings. The van der Waals surface area contributed by atoms with Gasteiger partial charge in [-0.3, -0.25) is 4.90 Å². The Balaban J connectivity index is 0.000000336. The van der Waals surface area contributed by atoms with Crippen molar-refractivity contribution in [2.24, 2.45) is 0 Å². The highest BCUT2D eigenvalue weighted by molar-refractivity contribution is 4.98. The molecule has 2 aliphatic rings. The van der Waals surface area contributed by atoms with Crippen LogP contribution in [0.2, 0.25) is 0 Å². The topological polar surface area (TPSA) is 3.24 Å². The van der Waals surface area contributed by atoms with Gasteiger partial charge >= 0.3 is 0 Å². The van der Waals surface area contributed by atoms with Crippen molar-refractivity contribution in [2.75, 3.05) is 13.1 Å². The molecule has 0 atom stereocenters. The highest BCUT2D eigenvalue weighted by Crippen LogP contribution is 2.40. The van der Waals surface area contributed by atoms with E-state index in [-0.39, 0.29) is 0 Å². The minimum absolute atomic E-state index is 0.681. The van der Waals surface area contributed by atoms with E-state index in [1.807, 2.05) is 13.8 Å². The van der Waals surface area contributed by atoms with Crippen LogP contribution in [0.5, 0.6) is 0 Å². The highest BCUT2D eigenvalue weighted by Gasteiger charge is 2.42. The molecule has 0 saturated carbocycles. The molecule has 72 valence electrons. The van der Waals surface area contributed by atoms with E-state index in [4.69, 9.17) is 0 Å². The fourth-order valence-electron chi connectivity index (χ4n) is 2.80. The van der Waals surface area contributed by atoms with Crippen LogP contribution in [0.25, 0.3) is 0 Å². The van der Waals surface area contributed by atoms with E-state index in [1.54, 1.807) is 0 Å². The van der Waals surface area contributed by atoms with E-state index in [0.717, 1.165) is 0 Å². The van der Waals surface area contributed by atoms with E-state index in [0.29, 0.717) is 5.54 Å². The molecule has 2 aliphatic heterocycles. The number of hydrogen-bond donors (Lipinski definition) is 0. The summed E-state index contributed by atoms with van der Waals surface area (Å²) < 4.78 is 0. The molecule has 0 radical (unpaired) electrons. The molecular formula is C11H23N. The molecule has 1 heteroatoms. The SMILES string of the molecule is CC.CCC12CCCN1CCC2. The Morgan fingerprint density at radius 2 is 1.58 bits per heavy atom. The van der Waals surface area contributed by atoms with Crippen LogP contribution in [0.4, 0.5) is 0 Å². The third kappa shape index (κ3) is 1.52. The summed E-state index contributed by atoms with van der Waals surface area (Å²) in [5, 5.41) is 0. The van der Waals surface area contributed by atoms with Crippen LogP contribution in [0, 0.1) is 0 Å². The van der Waals surface area contributed by atoms with E-state index < -0.39 is 0 Å². The zero-order chi connectivity index (χ0) is 9.03. The largest absolute Gasteiger partial charge is 0.298 e. The molecular weight excluding hydrogens is 146 g/mol. The predicted octanol–water partition coefficient (Wildman–Crippen LogP) is 3.05. The molecule has 12 heavy (non-hydrogen) atoms. The van der Waals surface area contributed by atoms with Gasteiger partial charge in [0.05, 0.1) is 0 Å². The monoisotopic (exact) mass is 169 g/mol. The van der Waals surface area contributed by atoms with Crippen molar-refractivity contribution in [1.82, 2.24) is 4.90 Å². The first-order valence-corrected chi connectivity index (χ1v) is 5.62. The average Bonchev–Trinajstić information content (AvgIpc) is 2.65. The Bertz CT molecular complexity index is 121. The molecule has 2 rings (SSSR count). The molecule has 0 bridgehead atoms. The Morgan fingerprint density at radius 1 is 1.08 bits per heavy atom. The molecule has 0 unspecified atom stereocenters. The first-order valence-electron chi connectivity index (χ1n) is 5.62. The smallest absolute Gasteiger partial charge is 0.0207 e. The van der Waals surface area contributed by atoms with Crippen LogP contribution in [0.3, 0.4) is 0 Å². The lowest BCUT2D eigenvalue weighted by Crippen LogP contribution is -2.37. The van der Waals surface area contributed by atoms with Crippen molar-refractivity contribution < 1.29 is 0 Å². The zero-order valence-electron chi connectivity index (χ0n) is 8.90. The minimum Gasteiger partial charge on any atom is -0.298 e. The van der Waals surface area contributed by atoms with E-state index in [2.05, 4.69) is 11.8 Å². The lowest BCUT2D eigenvalue weighted by atomic mass is 9.91. The van der Waals surface area contributed by atoms with Crippen molar-refractivity contribution >= 4 is 0 Å². The third-order valence-electron chi connectivity index (χ3n) is 3.47. The molecule has 0 aromatic carbocycles. The van der Waals surface area contributed by atoms with Crippen LogP contribution in [-0.4, -0.2) is 23.5 Å². The van der Waals surface area contributed by atoms with Gasteiger partial charge in [-0.2, -0.15) is 0 Å². The highest BCUT2D eigenvalue weighted by atomic mass is 15.2. The molecule has 2 saturated heterocycles. The van der Waals surface area contributed by atoms with Crippen molar-refractivity contribution in [3.8, 4) is 0 Å². The Morgan fingerprint density at radius 3 is 1.92 bits per heavy atom. The van der Waals surface area contributed by atoms with Crippen molar-refractivity contribution in [2.45, 2.75) is 58.4 Å². The molecule has 0 aromatic heterocycles. The maximum absolute atomic E-state index is 2.72. The van der Waals surface area contributed by atoms with E-state index in [1.165, 1.54) is 45.2 Å². The second-order valence-corrected chi connectivity index (χ2v) is 3.77. The number of nitrogens with zero attached hydrogens (tertiary/aromatic N) is 1. The van der Waals surface area contributed by atoms with Crippen LogP contribution in [0.15, 0.2) is 0 Å². The van der Waals surface area contributed by atoms with Gasteiger partial charge in [0.25, 0.3) is 0 Å². The Hall–Kier alpha value is -0.0400. The minimum atomic E-state index is 0.681. The van der Waals surface area contributed by atoms with Gasteiger partial charge in [0.1, 0.15) is 0 Å². The second-order valence-electron chi connectivity index (χ2n) is 3.77. The van der Waals surface area contributed by atoms with Gasteiger partial charge < -0.3 is 0 Å². The van der Waals surface area contributed by atoms with Gasteiger partial charge in [-0.25, -0.2) is 0 Å². The van der Waals surface area contributed by atoms with Gasteiger partial charge in [0, 0.05) is 5.54 Å². The molecule has 0 amide bonds. The van der Waals surface area contributed by atoms with Crippen LogP contribution in [-0.2, 0) is 0 Å². The summed E-state index contributed by atoms with van der Waals surface area (Å²) in [7, 11) is 0. The molecule has 1 nitrogen and oxygen atoms in total. The molecule has 0 aromatic rings.